The second-order valence-electron chi connectivity index (χ2n) is 7.65. The van der Waals surface area contributed by atoms with Crippen molar-refractivity contribution in [2.75, 3.05) is 11.4 Å². The molecule has 0 radical (unpaired) electrons. The van der Waals surface area contributed by atoms with Gasteiger partial charge in [0.05, 0.1) is 0 Å². The molecule has 2 aromatic rings. The van der Waals surface area contributed by atoms with Crippen LogP contribution in [0.3, 0.4) is 0 Å². The highest BCUT2D eigenvalue weighted by atomic mass is 19.4. The Balaban J connectivity index is 1.49. The summed E-state index contributed by atoms with van der Waals surface area (Å²) >= 11 is 0. The van der Waals surface area contributed by atoms with Gasteiger partial charge in [-0.1, -0.05) is 6.08 Å². The molecule has 0 bridgehead atoms. The molecule has 1 unspecified atom stereocenters. The first-order valence-corrected chi connectivity index (χ1v) is 9.86. The van der Waals surface area contributed by atoms with E-state index in [2.05, 4.69) is 15.3 Å². The van der Waals surface area contributed by atoms with Gasteiger partial charge in [0, 0.05) is 23.7 Å². The number of alkyl halides is 3. The number of anilines is 1. The number of nitrogens with zero attached hydrogens (tertiary/aromatic N) is 2. The van der Waals surface area contributed by atoms with E-state index in [-0.39, 0.29) is 12.1 Å². The number of hydrogen-bond donors (Lipinski definition) is 3. The largest absolute Gasteiger partial charge is 0.405 e. The Hall–Kier alpha value is -3.04. The molecule has 160 valence electrons. The Morgan fingerprint density at radius 2 is 2.13 bits per heavy atom. The molecule has 3 N–H and O–H groups in total. The normalized spacial score (nSPS) is 19.3. The second kappa shape index (κ2) is 8.00. The third-order valence-corrected chi connectivity index (χ3v) is 5.37. The van der Waals surface area contributed by atoms with E-state index in [0.29, 0.717) is 30.7 Å². The van der Waals surface area contributed by atoms with Crippen LogP contribution in [0.2, 0.25) is 0 Å². The summed E-state index contributed by atoms with van der Waals surface area (Å²) in [6.45, 7) is -1.36. The first-order chi connectivity index (χ1) is 14.3. The number of pyridine rings is 1. The van der Waals surface area contributed by atoms with Crippen molar-refractivity contribution in [2.45, 2.75) is 50.4 Å². The lowest BCUT2D eigenvalue weighted by atomic mass is 9.90. The van der Waals surface area contributed by atoms with Crippen molar-refractivity contribution in [2.24, 2.45) is 0 Å². The lowest BCUT2D eigenvalue weighted by Gasteiger charge is -2.24. The van der Waals surface area contributed by atoms with E-state index in [1.807, 2.05) is 23.5 Å². The van der Waals surface area contributed by atoms with Crippen LogP contribution in [-0.4, -0.2) is 47.2 Å². The predicted octanol–water partition coefficient (Wildman–Crippen LogP) is 3.49. The average Bonchev–Trinajstić information content (AvgIpc) is 3.42. The Kier molecular flexibility index (Phi) is 5.40. The van der Waals surface area contributed by atoms with Gasteiger partial charge in [-0.2, -0.15) is 13.2 Å². The summed E-state index contributed by atoms with van der Waals surface area (Å²) < 4.78 is 36.7. The van der Waals surface area contributed by atoms with E-state index < -0.39 is 18.8 Å². The third-order valence-electron chi connectivity index (χ3n) is 5.37. The van der Waals surface area contributed by atoms with Crippen LogP contribution >= 0.6 is 0 Å². The first kappa shape index (κ1) is 20.2. The number of halogens is 3. The van der Waals surface area contributed by atoms with Crippen molar-refractivity contribution < 1.29 is 22.8 Å². The van der Waals surface area contributed by atoms with E-state index in [0.717, 1.165) is 35.8 Å². The summed E-state index contributed by atoms with van der Waals surface area (Å²) in [5.41, 5.74) is 2.74. The number of H-pyrrole nitrogens is 1. The summed E-state index contributed by atoms with van der Waals surface area (Å²) in [5.74, 6) is 0.602. The number of aromatic nitrogens is 2. The fourth-order valence-corrected chi connectivity index (χ4v) is 3.73. The Labute approximate surface area is 170 Å². The van der Waals surface area contributed by atoms with Crippen LogP contribution in [0.4, 0.5) is 23.8 Å². The molecule has 2 aromatic heterocycles. The fourth-order valence-electron chi connectivity index (χ4n) is 3.73. The third kappa shape index (κ3) is 4.58. The molecule has 30 heavy (non-hydrogen) atoms. The predicted molar refractivity (Wildman–Crippen MR) is 106 cm³/mol. The zero-order valence-corrected chi connectivity index (χ0v) is 16.1. The second-order valence-corrected chi connectivity index (χ2v) is 7.65. The van der Waals surface area contributed by atoms with Gasteiger partial charge in [-0.05, 0) is 55.4 Å². The molecule has 0 spiro atoms. The number of nitrogens with one attached hydrogen (secondary N) is 3. The van der Waals surface area contributed by atoms with Crippen LogP contribution in [0.15, 0.2) is 24.4 Å². The molecule has 10 heteroatoms. The van der Waals surface area contributed by atoms with E-state index >= 15 is 0 Å². The number of hydrogen-bond acceptors (Lipinski definition) is 3. The summed E-state index contributed by atoms with van der Waals surface area (Å²) in [4.78, 5) is 32.6. The van der Waals surface area contributed by atoms with E-state index in [1.54, 1.807) is 11.1 Å². The van der Waals surface area contributed by atoms with Gasteiger partial charge in [0.15, 0.2) is 0 Å². The Bertz CT molecular complexity index is 980. The van der Waals surface area contributed by atoms with Gasteiger partial charge in [0.25, 0.3) is 0 Å². The van der Waals surface area contributed by atoms with E-state index in [1.165, 1.54) is 0 Å². The van der Waals surface area contributed by atoms with Crippen LogP contribution in [0.5, 0.6) is 0 Å². The van der Waals surface area contributed by atoms with Crippen LogP contribution in [0.25, 0.3) is 16.6 Å². The minimum atomic E-state index is -4.44. The zero-order chi connectivity index (χ0) is 21.3. The van der Waals surface area contributed by atoms with E-state index in [4.69, 9.17) is 0 Å². The van der Waals surface area contributed by atoms with Gasteiger partial charge >= 0.3 is 12.2 Å². The monoisotopic (exact) mass is 421 g/mol. The molecule has 0 aromatic carbocycles. The summed E-state index contributed by atoms with van der Waals surface area (Å²) in [6, 6.07) is 2.99. The molecule has 7 nitrogen and oxygen atoms in total. The molecule has 1 fully saturated rings. The Morgan fingerprint density at radius 3 is 2.77 bits per heavy atom. The van der Waals surface area contributed by atoms with Crippen molar-refractivity contribution in [1.29, 1.82) is 0 Å². The molecule has 4 rings (SSSR count). The smallest absolute Gasteiger partial charge is 0.346 e. The molecule has 2 heterocycles. The van der Waals surface area contributed by atoms with Crippen molar-refractivity contribution in [3.63, 3.8) is 0 Å². The standard InChI is InChI=1S/C20H22F3N5O2/c21-20(22,23)10-25-19(30)26-13-3-1-12(2-4-13)16-9-17(28(11-29)14-5-6-14)27-18-15(16)7-8-24-18/h1,7-9,11,13-14H,2-6,10H2,(H,24,27)(H2,25,26,30). The molecule has 3 amide bonds. The molecule has 1 atom stereocenters. The highest BCUT2D eigenvalue weighted by Crippen LogP contribution is 2.36. The van der Waals surface area contributed by atoms with Crippen LogP contribution in [0.1, 0.15) is 37.7 Å². The number of amides is 3. The fraction of sp³-hybridized carbons (Fsp3) is 0.450. The number of carbonyl (C=O) groups excluding carboxylic acids is 2. The zero-order valence-electron chi connectivity index (χ0n) is 16.1. The van der Waals surface area contributed by atoms with Gasteiger partial charge in [0.1, 0.15) is 18.0 Å². The number of allylic oxidation sites excluding steroid dienone is 1. The maximum absolute atomic E-state index is 12.2. The van der Waals surface area contributed by atoms with Crippen molar-refractivity contribution in [3.05, 3.63) is 30.0 Å². The van der Waals surface area contributed by atoms with Gasteiger partial charge in [-0.15, -0.1) is 0 Å². The SMILES string of the molecule is O=CN(c1cc(C2=CCC(NC(=O)NCC(F)(F)F)CC2)c2cc[nH]c2n1)C1CC1. The minimum absolute atomic E-state index is 0.194. The van der Waals surface area contributed by atoms with Gasteiger partial charge < -0.3 is 15.6 Å². The molecule has 0 saturated heterocycles. The minimum Gasteiger partial charge on any atom is -0.346 e. The molecule has 0 aliphatic heterocycles. The quantitative estimate of drug-likeness (QED) is 0.624. The maximum atomic E-state index is 12.2. The van der Waals surface area contributed by atoms with Crippen molar-refractivity contribution in [3.8, 4) is 0 Å². The molecular formula is C20H22F3N5O2. The molecule has 2 aliphatic carbocycles. The van der Waals surface area contributed by atoms with Crippen LogP contribution in [-0.2, 0) is 4.79 Å². The van der Waals surface area contributed by atoms with Crippen molar-refractivity contribution in [1.82, 2.24) is 20.6 Å². The Morgan fingerprint density at radius 1 is 1.33 bits per heavy atom. The summed E-state index contributed by atoms with van der Waals surface area (Å²) in [7, 11) is 0. The number of fused-ring (bicyclic) bond motifs is 1. The highest BCUT2D eigenvalue weighted by Gasteiger charge is 2.31. The van der Waals surface area contributed by atoms with Gasteiger partial charge in [-0.3, -0.25) is 9.69 Å². The number of rotatable bonds is 6. The first-order valence-electron chi connectivity index (χ1n) is 9.86. The van der Waals surface area contributed by atoms with Gasteiger partial charge in [0.2, 0.25) is 6.41 Å². The summed E-state index contributed by atoms with van der Waals surface area (Å²) in [5, 5.41) is 5.36. The maximum Gasteiger partial charge on any atom is 0.405 e. The molecular weight excluding hydrogens is 399 g/mol. The highest BCUT2D eigenvalue weighted by molar-refractivity contribution is 5.93. The van der Waals surface area contributed by atoms with Crippen LogP contribution in [0, 0.1) is 0 Å². The number of urea groups is 1. The lowest BCUT2D eigenvalue weighted by Crippen LogP contribution is -2.45. The number of carbonyl (C=O) groups is 2. The average molecular weight is 421 g/mol. The number of aromatic amines is 1. The summed E-state index contributed by atoms with van der Waals surface area (Å²) in [6.07, 6.45) is 3.86. The molecule has 2 aliphatic rings. The van der Waals surface area contributed by atoms with Crippen LogP contribution < -0.4 is 15.5 Å². The van der Waals surface area contributed by atoms with Crippen molar-refractivity contribution >= 4 is 34.9 Å². The lowest BCUT2D eigenvalue weighted by molar-refractivity contribution is -0.122. The topological polar surface area (TPSA) is 90.1 Å². The van der Waals surface area contributed by atoms with E-state index in [9.17, 15) is 22.8 Å². The molecule has 1 saturated carbocycles. The van der Waals surface area contributed by atoms with Gasteiger partial charge in [-0.25, -0.2) is 9.78 Å².